The minimum Gasteiger partial charge on any atom is -0.378 e. The van der Waals surface area contributed by atoms with Crippen molar-refractivity contribution >= 4 is 22.4 Å². The van der Waals surface area contributed by atoms with E-state index >= 15 is 0 Å². The number of hydrogen-bond donors (Lipinski definition) is 2. The summed E-state index contributed by atoms with van der Waals surface area (Å²) in [6.45, 7) is 1.18. The number of nitrogens with two attached hydrogens (primary N) is 1. The second-order valence-corrected chi connectivity index (χ2v) is 7.19. The van der Waals surface area contributed by atoms with Crippen LogP contribution in [0.2, 0.25) is 0 Å². The molecule has 4 rings (SSSR count). The highest BCUT2D eigenvalue weighted by atomic mass is 15.1. The molecule has 4 aromatic rings. The van der Waals surface area contributed by atoms with Crippen LogP contribution in [0.5, 0.6) is 0 Å². The van der Waals surface area contributed by atoms with Gasteiger partial charge in [0.1, 0.15) is 5.82 Å². The van der Waals surface area contributed by atoms with Gasteiger partial charge in [0.2, 0.25) is 0 Å². The number of hydrogen-bond acceptors (Lipinski definition) is 5. The average Bonchev–Trinajstić information content (AvgIpc) is 2.77. The standard InChI is InChI=1S/C24H25N5/c1-29(2)20-11-9-17(10-12-20)22-14-23-21(8-5-13-26-23)24(28-22)27-16-19-7-4-3-6-18(19)15-25/h3-14H,15-16,25H2,1-2H3,(H,27,28). The smallest absolute Gasteiger partial charge is 0.136 e. The first-order valence-electron chi connectivity index (χ1n) is 9.70. The van der Waals surface area contributed by atoms with Crippen LogP contribution in [-0.2, 0) is 13.1 Å². The van der Waals surface area contributed by atoms with E-state index in [2.05, 4.69) is 51.6 Å². The lowest BCUT2D eigenvalue weighted by Crippen LogP contribution is -2.08. The molecule has 2 aromatic carbocycles. The molecular formula is C24H25N5. The van der Waals surface area contributed by atoms with Crippen molar-refractivity contribution in [3.63, 3.8) is 0 Å². The number of pyridine rings is 2. The zero-order chi connectivity index (χ0) is 20.2. The van der Waals surface area contributed by atoms with E-state index in [9.17, 15) is 0 Å². The van der Waals surface area contributed by atoms with Crippen molar-refractivity contribution in [1.29, 1.82) is 0 Å². The lowest BCUT2D eigenvalue weighted by Gasteiger charge is -2.14. The van der Waals surface area contributed by atoms with Crippen molar-refractivity contribution in [3.05, 3.63) is 84.1 Å². The van der Waals surface area contributed by atoms with Crippen LogP contribution in [0.15, 0.2) is 72.9 Å². The van der Waals surface area contributed by atoms with Crippen LogP contribution in [0, 0.1) is 0 Å². The number of fused-ring (bicyclic) bond motifs is 1. The summed E-state index contributed by atoms with van der Waals surface area (Å²) in [6.07, 6.45) is 1.81. The molecule has 146 valence electrons. The summed E-state index contributed by atoms with van der Waals surface area (Å²) in [5.74, 6) is 0.828. The number of nitrogens with zero attached hydrogens (tertiary/aromatic N) is 3. The maximum atomic E-state index is 5.89. The van der Waals surface area contributed by atoms with Gasteiger partial charge in [0, 0.05) is 50.0 Å². The summed E-state index contributed by atoms with van der Waals surface area (Å²) in [5, 5.41) is 4.51. The quantitative estimate of drug-likeness (QED) is 0.515. The molecule has 0 saturated carbocycles. The van der Waals surface area contributed by atoms with E-state index in [0.29, 0.717) is 13.1 Å². The number of anilines is 2. The molecule has 29 heavy (non-hydrogen) atoms. The van der Waals surface area contributed by atoms with Crippen molar-refractivity contribution < 1.29 is 0 Å². The predicted octanol–water partition coefficient (Wildman–Crippen LogP) is 4.43. The molecule has 0 aliphatic heterocycles. The third-order valence-electron chi connectivity index (χ3n) is 5.06. The molecule has 0 amide bonds. The van der Waals surface area contributed by atoms with Crippen molar-refractivity contribution in [2.24, 2.45) is 5.73 Å². The second-order valence-electron chi connectivity index (χ2n) is 7.19. The highest BCUT2D eigenvalue weighted by molar-refractivity contribution is 5.92. The normalized spacial score (nSPS) is 10.9. The van der Waals surface area contributed by atoms with Gasteiger partial charge in [0.15, 0.2) is 0 Å². The maximum absolute atomic E-state index is 5.89. The summed E-state index contributed by atoms with van der Waals surface area (Å²) in [7, 11) is 4.07. The first-order chi connectivity index (χ1) is 14.2. The van der Waals surface area contributed by atoms with Crippen molar-refractivity contribution in [3.8, 4) is 11.3 Å². The van der Waals surface area contributed by atoms with Gasteiger partial charge in [-0.1, -0.05) is 36.4 Å². The van der Waals surface area contributed by atoms with E-state index in [1.807, 2.05) is 50.6 Å². The van der Waals surface area contributed by atoms with Crippen molar-refractivity contribution in [2.45, 2.75) is 13.1 Å². The largest absolute Gasteiger partial charge is 0.378 e. The molecule has 2 heterocycles. The fourth-order valence-corrected chi connectivity index (χ4v) is 3.40. The monoisotopic (exact) mass is 383 g/mol. The van der Waals surface area contributed by atoms with Crippen LogP contribution < -0.4 is 16.0 Å². The van der Waals surface area contributed by atoms with E-state index in [0.717, 1.165) is 39.2 Å². The van der Waals surface area contributed by atoms with Gasteiger partial charge in [-0.05, 0) is 41.5 Å². The van der Waals surface area contributed by atoms with E-state index in [1.165, 1.54) is 5.56 Å². The topological polar surface area (TPSA) is 67.1 Å². The molecule has 0 spiro atoms. The minimum absolute atomic E-state index is 0.520. The van der Waals surface area contributed by atoms with Gasteiger partial charge in [-0.15, -0.1) is 0 Å². The summed E-state index contributed by atoms with van der Waals surface area (Å²) in [4.78, 5) is 11.6. The fourth-order valence-electron chi connectivity index (χ4n) is 3.40. The van der Waals surface area contributed by atoms with Crippen LogP contribution in [0.4, 0.5) is 11.5 Å². The Morgan fingerprint density at radius 3 is 2.41 bits per heavy atom. The van der Waals surface area contributed by atoms with Gasteiger partial charge in [0.25, 0.3) is 0 Å². The molecule has 0 aliphatic carbocycles. The molecule has 0 radical (unpaired) electrons. The van der Waals surface area contributed by atoms with Crippen LogP contribution in [-0.4, -0.2) is 24.1 Å². The Hall–Kier alpha value is -3.44. The van der Waals surface area contributed by atoms with Crippen LogP contribution >= 0.6 is 0 Å². The molecule has 2 aromatic heterocycles. The SMILES string of the molecule is CN(C)c1ccc(-c2cc3ncccc3c(NCc3ccccc3CN)n2)cc1. The molecule has 0 saturated heterocycles. The Morgan fingerprint density at radius 2 is 1.69 bits per heavy atom. The van der Waals surface area contributed by atoms with Gasteiger partial charge in [-0.2, -0.15) is 0 Å². The third kappa shape index (κ3) is 4.05. The molecule has 0 bridgehead atoms. The predicted molar refractivity (Wildman–Crippen MR) is 121 cm³/mol. The molecule has 5 nitrogen and oxygen atoms in total. The van der Waals surface area contributed by atoms with E-state index in [4.69, 9.17) is 10.7 Å². The zero-order valence-corrected chi connectivity index (χ0v) is 16.8. The number of nitrogens with one attached hydrogen (secondary N) is 1. The van der Waals surface area contributed by atoms with Gasteiger partial charge in [-0.25, -0.2) is 4.98 Å². The molecule has 0 atom stereocenters. The van der Waals surface area contributed by atoms with Gasteiger partial charge >= 0.3 is 0 Å². The maximum Gasteiger partial charge on any atom is 0.136 e. The molecular weight excluding hydrogens is 358 g/mol. The number of benzene rings is 2. The van der Waals surface area contributed by atoms with E-state index < -0.39 is 0 Å². The Labute approximate surface area is 171 Å². The second kappa shape index (κ2) is 8.29. The zero-order valence-electron chi connectivity index (χ0n) is 16.8. The lowest BCUT2D eigenvalue weighted by molar-refractivity contribution is 1.00. The summed E-state index contributed by atoms with van der Waals surface area (Å²) >= 11 is 0. The Bertz CT molecular complexity index is 1120. The van der Waals surface area contributed by atoms with Crippen LogP contribution in [0.25, 0.3) is 22.2 Å². The average molecular weight is 383 g/mol. The third-order valence-corrected chi connectivity index (χ3v) is 5.06. The summed E-state index contributed by atoms with van der Waals surface area (Å²) < 4.78 is 0. The highest BCUT2D eigenvalue weighted by Gasteiger charge is 2.10. The minimum atomic E-state index is 0.520. The first-order valence-corrected chi connectivity index (χ1v) is 9.70. The van der Waals surface area contributed by atoms with Gasteiger partial charge in [-0.3, -0.25) is 4.98 Å². The summed E-state index contributed by atoms with van der Waals surface area (Å²) in [5.41, 5.74) is 12.2. The van der Waals surface area contributed by atoms with E-state index in [1.54, 1.807) is 0 Å². The molecule has 0 aliphatic rings. The fraction of sp³-hybridized carbons (Fsp3) is 0.167. The molecule has 5 heteroatoms. The highest BCUT2D eigenvalue weighted by Crippen LogP contribution is 2.28. The lowest BCUT2D eigenvalue weighted by atomic mass is 10.1. The first kappa shape index (κ1) is 18.9. The van der Waals surface area contributed by atoms with Crippen molar-refractivity contribution in [1.82, 2.24) is 9.97 Å². The van der Waals surface area contributed by atoms with Gasteiger partial charge in [0.05, 0.1) is 11.2 Å². The Morgan fingerprint density at radius 1 is 0.931 bits per heavy atom. The Kier molecular flexibility index (Phi) is 5.40. The van der Waals surface area contributed by atoms with Crippen molar-refractivity contribution in [2.75, 3.05) is 24.3 Å². The molecule has 0 unspecified atom stereocenters. The molecule has 0 fully saturated rings. The van der Waals surface area contributed by atoms with Gasteiger partial charge < -0.3 is 16.0 Å². The molecule has 3 N–H and O–H groups in total. The van der Waals surface area contributed by atoms with Crippen LogP contribution in [0.1, 0.15) is 11.1 Å². The van der Waals surface area contributed by atoms with E-state index in [-0.39, 0.29) is 0 Å². The summed E-state index contributed by atoms with van der Waals surface area (Å²) in [6, 6.07) is 22.6. The Balaban J connectivity index is 1.71. The van der Waals surface area contributed by atoms with Crippen LogP contribution in [0.3, 0.4) is 0 Å². The number of rotatable bonds is 6. The number of aromatic nitrogens is 2.